The van der Waals surface area contributed by atoms with Gasteiger partial charge in [-0.05, 0) is 107 Å². The topological polar surface area (TPSA) is 638 Å². The summed E-state index contributed by atoms with van der Waals surface area (Å²) in [4.78, 5) is 257. The molecule has 12 atom stereocenters. The highest BCUT2D eigenvalue weighted by Crippen LogP contribution is 2.26. The van der Waals surface area contributed by atoms with E-state index < -0.39 is 262 Å². The smallest absolute Gasteiger partial charge is 0.303 e. The number of H-pyrrole nitrogens is 1. The third-order valence-corrected chi connectivity index (χ3v) is 20.3. The number of ketones is 5. The molecular formula is C81H116N14O25. The number of para-hydroxylation sites is 1. The molecule has 9 amide bonds. The Kier molecular flexibility index (Phi) is 43.1. The number of fused-ring (bicyclic) bond motifs is 1. The zero-order valence-electron chi connectivity index (χ0n) is 68.5. The van der Waals surface area contributed by atoms with Gasteiger partial charge in [-0.3, -0.25) is 96.5 Å². The zero-order valence-corrected chi connectivity index (χ0v) is 68.5. The number of nitrogens with zero attached hydrogens (tertiary/aromatic N) is 1. The first-order valence-electron chi connectivity index (χ1n) is 40.1. The summed E-state index contributed by atoms with van der Waals surface area (Å²) in [5, 5.41) is 79.6. The fourth-order valence-corrected chi connectivity index (χ4v) is 13.7. The lowest BCUT2D eigenvalue weighted by molar-refractivity contribution is -0.142. The fourth-order valence-electron chi connectivity index (χ4n) is 13.7. The van der Waals surface area contributed by atoms with Crippen LogP contribution in [0.2, 0.25) is 0 Å². The molecule has 120 heavy (non-hydrogen) atoms. The first-order chi connectivity index (χ1) is 56.7. The van der Waals surface area contributed by atoms with Crippen molar-refractivity contribution in [1.29, 1.82) is 5.41 Å². The molecular weight excluding hydrogens is 1570 g/mol. The maximum absolute atomic E-state index is 14.6. The van der Waals surface area contributed by atoms with E-state index in [1.165, 1.54) is 50.1 Å². The minimum absolute atomic E-state index is 0.0489. The molecule has 0 aliphatic carbocycles. The number of likely N-dealkylation sites (N-methyl/N-ethyl adjacent to an activating group) is 1. The Bertz CT molecular complexity index is 4130. The number of guanidine groups is 1. The third kappa shape index (κ3) is 35.7. The van der Waals surface area contributed by atoms with Gasteiger partial charge in [-0.25, -0.2) is 0 Å². The van der Waals surface area contributed by atoms with Crippen LogP contribution in [-0.4, -0.2) is 242 Å². The number of carboxylic acid groups (broad SMARTS) is 5. The van der Waals surface area contributed by atoms with Gasteiger partial charge in [0.25, 0.3) is 0 Å². The molecule has 1 fully saturated rings. The lowest BCUT2D eigenvalue weighted by Crippen LogP contribution is -2.56. The number of nitrogens with two attached hydrogens (primary N) is 2. The Morgan fingerprint density at radius 2 is 1.08 bits per heavy atom. The number of carbonyl (C=O) groups excluding carboxylic acids is 14. The second-order valence-corrected chi connectivity index (χ2v) is 30.4. The maximum Gasteiger partial charge on any atom is 0.303 e. The Hall–Kier alpha value is -11.9. The maximum atomic E-state index is 14.6. The molecule has 660 valence electrons. The van der Waals surface area contributed by atoms with Crippen molar-refractivity contribution in [3.8, 4) is 0 Å². The standard InChI is InChI=1S/C81H116N14O25/c1-7-12-58(78(117)94-61(77(116)85-6)38-52-42-88-55-14-9-8-13-53(52)55)92-73(112)45(4)36-64(98)60(35-44(2)3)93-79(118)62-16-11-33-95(62)80(119)59(15-10-31-87-81(83)84)89-67(101)43-120-34-32-86-74(113)51(37-47-17-19-48(20-18-47)46(5)96)41-66(100)57(25-30-72(110)111)91-76(115)50(22-27-69(104)105)40-65(99)56(24-29-71(108)109)90-75(114)49(21-26-68(102)103)39-63(97)54(82)23-28-70(106)107/h8-9,13-14,17-20,42,44-45,49-51,54,56-62,88H,7,10-12,15-16,21-41,43,82H2,1-6H3,(H,85,116)(H,86,113)(H,89,101)(H,90,114)(H,91,115)(H,92,112)(H,93,118)(H,94,117)(H,102,103)(H,104,105)(H,106,107)(H,108,109)(H,110,111)(H4,83,84,87)/t45-,49+,50+,51-,54-,56-,57-,58?,59+,60+,61?,62+/m1/s1. The highest BCUT2D eigenvalue weighted by atomic mass is 16.5. The molecule has 4 rings (SSSR count). The van der Waals surface area contributed by atoms with Crippen molar-refractivity contribution in [2.75, 3.05) is 39.9 Å². The molecule has 0 radical (unpaired) electrons. The van der Waals surface area contributed by atoms with E-state index in [1.807, 2.05) is 45.0 Å². The van der Waals surface area contributed by atoms with Crippen LogP contribution >= 0.6 is 0 Å². The van der Waals surface area contributed by atoms with Crippen molar-refractivity contribution in [3.05, 3.63) is 71.4 Å². The molecule has 1 saturated heterocycles. The summed E-state index contributed by atoms with van der Waals surface area (Å²) in [6, 6.07) is 2.83. The van der Waals surface area contributed by atoms with Gasteiger partial charge in [0.05, 0.1) is 30.8 Å². The first-order valence-corrected chi connectivity index (χ1v) is 40.1. The summed E-state index contributed by atoms with van der Waals surface area (Å²) in [5.74, 6) is -23.8. The third-order valence-electron chi connectivity index (χ3n) is 20.3. The summed E-state index contributed by atoms with van der Waals surface area (Å²) < 4.78 is 5.63. The summed E-state index contributed by atoms with van der Waals surface area (Å²) in [7, 11) is 1.44. The number of rotatable bonds is 59. The Balaban J connectivity index is 1.49. The second-order valence-electron chi connectivity index (χ2n) is 30.4. The highest BCUT2D eigenvalue weighted by Gasteiger charge is 2.41. The van der Waals surface area contributed by atoms with E-state index in [0.717, 1.165) is 16.5 Å². The number of Topliss-reactive ketones (excluding diaryl/α,β-unsaturated/α-hetero) is 5. The molecule has 1 aromatic heterocycles. The van der Waals surface area contributed by atoms with Gasteiger partial charge in [0, 0.05) is 137 Å². The predicted molar refractivity (Wildman–Crippen MR) is 430 cm³/mol. The lowest BCUT2D eigenvalue weighted by Gasteiger charge is -2.30. The number of hydrogen-bond acceptors (Lipinski definition) is 22. The molecule has 2 heterocycles. The summed E-state index contributed by atoms with van der Waals surface area (Å²) >= 11 is 0. The Morgan fingerprint density at radius 3 is 1.63 bits per heavy atom. The number of aliphatic carboxylic acids is 5. The summed E-state index contributed by atoms with van der Waals surface area (Å²) in [6.45, 7) is 7.01. The molecule has 0 saturated carbocycles. The number of nitrogens with one attached hydrogen (secondary N) is 11. The number of amides is 9. The zero-order chi connectivity index (χ0) is 89.5. The second kappa shape index (κ2) is 51.4. The molecule has 1 aliphatic rings. The lowest BCUT2D eigenvalue weighted by atomic mass is 9.88. The molecule has 2 unspecified atom stereocenters. The van der Waals surface area contributed by atoms with Crippen LogP contribution < -0.4 is 59.3 Å². The highest BCUT2D eigenvalue weighted by molar-refractivity contribution is 6.00. The van der Waals surface area contributed by atoms with Gasteiger partial charge in [0.15, 0.2) is 29.1 Å². The predicted octanol–water partition coefficient (Wildman–Crippen LogP) is 1.02. The minimum Gasteiger partial charge on any atom is -0.481 e. The van der Waals surface area contributed by atoms with E-state index >= 15 is 0 Å². The van der Waals surface area contributed by atoms with Gasteiger partial charge in [-0.15, -0.1) is 0 Å². The monoisotopic (exact) mass is 1680 g/mol. The molecule has 0 bridgehead atoms. The Labute approximate surface area is 693 Å². The molecule has 0 spiro atoms. The van der Waals surface area contributed by atoms with E-state index in [9.17, 15) is 112 Å². The van der Waals surface area contributed by atoms with Gasteiger partial charge in [0.2, 0.25) is 53.2 Å². The number of carboxylic acids is 5. The molecule has 3 aromatic rings. The molecule has 2 aromatic carbocycles. The van der Waals surface area contributed by atoms with E-state index in [-0.39, 0.29) is 102 Å². The van der Waals surface area contributed by atoms with Crippen LogP contribution in [0.25, 0.3) is 10.9 Å². The van der Waals surface area contributed by atoms with Crippen molar-refractivity contribution in [3.63, 3.8) is 0 Å². The number of aromatic amines is 1. The van der Waals surface area contributed by atoms with Gasteiger partial charge >= 0.3 is 29.8 Å². The molecule has 1 aliphatic heterocycles. The van der Waals surface area contributed by atoms with Crippen LogP contribution in [0.1, 0.15) is 191 Å². The van der Waals surface area contributed by atoms with Crippen LogP contribution in [0.4, 0.5) is 0 Å². The van der Waals surface area contributed by atoms with E-state index in [4.69, 9.17) is 26.7 Å². The Morgan fingerprint density at radius 1 is 0.550 bits per heavy atom. The fraction of sp³-hybridized carbons (Fsp3) is 0.580. The van der Waals surface area contributed by atoms with Crippen LogP contribution in [0.5, 0.6) is 0 Å². The number of benzene rings is 2. The van der Waals surface area contributed by atoms with Crippen LogP contribution in [0, 0.1) is 35.0 Å². The normalized spacial score (nSPS) is 15.2. The van der Waals surface area contributed by atoms with Crippen molar-refractivity contribution in [2.45, 2.75) is 231 Å². The van der Waals surface area contributed by atoms with Crippen molar-refractivity contribution < 1.29 is 121 Å². The van der Waals surface area contributed by atoms with Gasteiger partial charge in [-0.1, -0.05) is 76.6 Å². The van der Waals surface area contributed by atoms with Crippen LogP contribution in [0.15, 0.2) is 54.7 Å². The molecule has 39 heteroatoms. The van der Waals surface area contributed by atoms with E-state index in [1.54, 1.807) is 6.20 Å². The largest absolute Gasteiger partial charge is 0.481 e. The first kappa shape index (κ1) is 100. The summed E-state index contributed by atoms with van der Waals surface area (Å²) in [6.07, 6.45) is -6.03. The van der Waals surface area contributed by atoms with Crippen LogP contribution in [-0.2, 0) is 104 Å². The number of carbonyl (C=O) groups is 19. The minimum atomic E-state index is -1.78. The number of likely N-dealkylation sites (tertiary alicyclic amines) is 1. The van der Waals surface area contributed by atoms with Gasteiger partial charge < -0.3 is 99.5 Å². The quantitative estimate of drug-likeness (QED) is 0.0162. The molecule has 39 nitrogen and oxygen atoms in total. The van der Waals surface area contributed by atoms with Gasteiger partial charge in [-0.2, -0.15) is 0 Å². The average molecular weight is 1690 g/mol. The van der Waals surface area contributed by atoms with E-state index in [0.29, 0.717) is 24.0 Å². The van der Waals surface area contributed by atoms with Crippen molar-refractivity contribution in [2.24, 2.45) is 41.1 Å². The average Bonchev–Trinajstić information content (AvgIpc) is 1.70. The summed E-state index contributed by atoms with van der Waals surface area (Å²) in [5.41, 5.74) is 13.7. The molecule has 20 N–H and O–H groups in total. The van der Waals surface area contributed by atoms with Crippen LogP contribution in [0.3, 0.4) is 0 Å². The number of aromatic nitrogens is 1. The SMILES string of the molecule is CCCC(NC(=O)[C@H](C)CC(=O)[C@H](CC(C)C)NC(=O)[C@@H]1CCCN1C(=O)[C@H](CCCNC(=N)N)NC(=O)COCCNC(=O)[C@@H](CC(=O)[C@@H](CCC(=O)O)NC(=O)[C@@H](CCC(=O)O)CC(=O)[C@@H](CCC(=O)O)NC(=O)[C@@H](CCC(=O)O)CC(=O)[C@H](N)CCC(=O)O)Cc1ccc(C(C)=O)cc1)C(=O)NC(Cc1c[nH]c2ccccc12)C(=O)NC. The van der Waals surface area contributed by atoms with Crippen molar-refractivity contribution >= 4 is 129 Å². The number of hydrogen-bond donors (Lipinski definition) is 18. The number of ether oxygens (including phenoxy) is 1. The van der Waals surface area contributed by atoms with Crippen molar-refractivity contribution in [1.82, 2.24) is 57.7 Å². The van der Waals surface area contributed by atoms with E-state index in [2.05, 4.69) is 52.8 Å². The van der Waals surface area contributed by atoms with Gasteiger partial charge in [0.1, 0.15) is 36.6 Å².